The van der Waals surface area contributed by atoms with Crippen LogP contribution in [0.25, 0.3) is 0 Å². The Morgan fingerprint density at radius 2 is 1.71 bits per heavy atom. The maximum Gasteiger partial charge on any atom is 0.139 e. The van der Waals surface area contributed by atoms with Crippen LogP contribution in [0.5, 0.6) is 0 Å². The van der Waals surface area contributed by atoms with Gasteiger partial charge < -0.3 is 0 Å². The average Bonchev–Trinajstić information content (AvgIpc) is 3.00. The predicted molar refractivity (Wildman–Crippen MR) is 91.1 cm³/mol. The Kier molecular flexibility index (Phi) is 7.17. The number of rotatable bonds is 9. The van der Waals surface area contributed by atoms with Crippen LogP contribution in [0, 0.1) is 0 Å². The van der Waals surface area contributed by atoms with Gasteiger partial charge in [0.25, 0.3) is 0 Å². The van der Waals surface area contributed by atoms with Crippen molar-refractivity contribution in [3.05, 3.63) is 45.9 Å². The summed E-state index contributed by atoms with van der Waals surface area (Å²) in [6.07, 6.45) is 8.87. The molecule has 0 aliphatic rings. The van der Waals surface area contributed by atoms with Gasteiger partial charge in [0.2, 0.25) is 0 Å². The molecule has 0 aliphatic heterocycles. The number of aryl methyl sites for hydroxylation is 1. The molecule has 1 atom stereocenters. The summed E-state index contributed by atoms with van der Waals surface area (Å²) in [7, 11) is 0. The van der Waals surface area contributed by atoms with Gasteiger partial charge >= 0.3 is 0 Å². The molecule has 2 nitrogen and oxygen atoms in total. The molecule has 0 spiro atoms. The van der Waals surface area contributed by atoms with E-state index in [9.17, 15) is 0 Å². The number of aromatic nitrogens is 2. The molecule has 0 amide bonds. The summed E-state index contributed by atoms with van der Waals surface area (Å²) < 4.78 is 0. The van der Waals surface area contributed by atoms with Gasteiger partial charge in [0.15, 0.2) is 0 Å². The van der Waals surface area contributed by atoms with Crippen LogP contribution >= 0.6 is 22.9 Å². The maximum absolute atomic E-state index is 6.47. The van der Waals surface area contributed by atoms with E-state index < -0.39 is 0 Å². The lowest BCUT2D eigenvalue weighted by Gasteiger charge is -2.04. The highest BCUT2D eigenvalue weighted by atomic mass is 35.5. The molecule has 1 aromatic carbocycles. The van der Waals surface area contributed by atoms with Crippen molar-refractivity contribution in [2.24, 2.45) is 0 Å². The maximum atomic E-state index is 6.47. The molecule has 0 aliphatic carbocycles. The number of hydrogen-bond donors (Lipinski definition) is 0. The van der Waals surface area contributed by atoms with E-state index in [1.165, 1.54) is 38.5 Å². The van der Waals surface area contributed by atoms with Crippen LogP contribution in [-0.4, -0.2) is 10.2 Å². The molecular weight excluding hydrogens is 300 g/mol. The Bertz CT molecular complexity index is 513. The number of hydrogen-bond acceptors (Lipinski definition) is 3. The van der Waals surface area contributed by atoms with Gasteiger partial charge in [0.05, 0.1) is 0 Å². The number of unbranched alkanes of at least 4 members (excludes halogenated alkanes) is 5. The molecule has 0 saturated carbocycles. The smallest absolute Gasteiger partial charge is 0.139 e. The van der Waals surface area contributed by atoms with Crippen LogP contribution in [0.2, 0.25) is 0 Å². The number of benzene rings is 1. The van der Waals surface area contributed by atoms with E-state index >= 15 is 0 Å². The normalized spacial score (nSPS) is 12.5. The second-order valence-corrected chi connectivity index (χ2v) is 6.86. The van der Waals surface area contributed by atoms with Crippen LogP contribution in [0.3, 0.4) is 0 Å². The third-order valence-electron chi connectivity index (χ3n) is 3.54. The molecule has 0 fully saturated rings. The molecule has 4 heteroatoms. The van der Waals surface area contributed by atoms with Crippen molar-refractivity contribution in [3.8, 4) is 0 Å². The fraction of sp³-hybridized carbons (Fsp3) is 0.529. The molecule has 2 rings (SSSR count). The van der Waals surface area contributed by atoms with Gasteiger partial charge in [-0.25, -0.2) is 0 Å². The first-order valence-electron chi connectivity index (χ1n) is 7.82. The van der Waals surface area contributed by atoms with Gasteiger partial charge in [-0.15, -0.1) is 21.8 Å². The Labute approximate surface area is 136 Å². The Hall–Kier alpha value is -0.930. The zero-order valence-electron chi connectivity index (χ0n) is 12.6. The van der Waals surface area contributed by atoms with Gasteiger partial charge in [-0.1, -0.05) is 80.7 Å². The molecule has 21 heavy (non-hydrogen) atoms. The third kappa shape index (κ3) is 5.40. The van der Waals surface area contributed by atoms with Gasteiger partial charge in [-0.05, 0) is 12.0 Å². The van der Waals surface area contributed by atoms with E-state index in [1.807, 2.05) is 30.3 Å². The molecule has 1 heterocycles. The summed E-state index contributed by atoms with van der Waals surface area (Å²) in [6.45, 7) is 2.25. The van der Waals surface area contributed by atoms with Crippen LogP contribution in [0.4, 0.5) is 0 Å². The van der Waals surface area contributed by atoms with Crippen molar-refractivity contribution in [3.63, 3.8) is 0 Å². The fourth-order valence-corrected chi connectivity index (χ4v) is 3.50. The summed E-state index contributed by atoms with van der Waals surface area (Å²) in [4.78, 5) is 0. The molecule has 0 radical (unpaired) electrons. The summed E-state index contributed by atoms with van der Waals surface area (Å²) in [5, 5.41) is 10.4. The van der Waals surface area contributed by atoms with Crippen molar-refractivity contribution in [2.75, 3.05) is 0 Å². The standard InChI is InChI=1S/C17H23ClN2S/c1-2-3-4-5-6-10-13-15-19-20-17(21-15)16(18)14-11-8-7-9-12-14/h7-9,11-12,16H,2-6,10,13H2,1H3. The first-order chi connectivity index (χ1) is 10.3. The SMILES string of the molecule is CCCCCCCCc1nnc(C(Cl)c2ccccc2)s1. The van der Waals surface area contributed by atoms with Crippen molar-refractivity contribution >= 4 is 22.9 Å². The summed E-state index contributed by atoms with van der Waals surface area (Å²) >= 11 is 8.12. The first kappa shape index (κ1) is 16.4. The van der Waals surface area contributed by atoms with Gasteiger partial charge in [-0.2, -0.15) is 0 Å². The van der Waals surface area contributed by atoms with Crippen molar-refractivity contribution < 1.29 is 0 Å². The van der Waals surface area contributed by atoms with Crippen molar-refractivity contribution in [2.45, 2.75) is 57.2 Å². The molecule has 114 valence electrons. The topological polar surface area (TPSA) is 25.8 Å². The van der Waals surface area contributed by atoms with Crippen LogP contribution in [0.1, 0.15) is 66.4 Å². The lowest BCUT2D eigenvalue weighted by molar-refractivity contribution is 0.606. The van der Waals surface area contributed by atoms with E-state index in [2.05, 4.69) is 17.1 Å². The fourth-order valence-electron chi connectivity index (χ4n) is 2.29. The van der Waals surface area contributed by atoms with Gasteiger partial charge in [-0.3, -0.25) is 0 Å². The number of halogens is 1. The number of nitrogens with zero attached hydrogens (tertiary/aromatic N) is 2. The highest BCUT2D eigenvalue weighted by Gasteiger charge is 2.15. The summed E-state index contributed by atoms with van der Waals surface area (Å²) in [5.41, 5.74) is 1.08. The molecule has 1 aromatic heterocycles. The highest BCUT2D eigenvalue weighted by Crippen LogP contribution is 2.31. The van der Waals surface area contributed by atoms with E-state index in [1.54, 1.807) is 11.3 Å². The second kappa shape index (κ2) is 9.16. The van der Waals surface area contributed by atoms with Crippen molar-refractivity contribution in [1.29, 1.82) is 0 Å². The largest absolute Gasteiger partial charge is 0.143 e. The quantitative estimate of drug-likeness (QED) is 0.432. The monoisotopic (exact) mass is 322 g/mol. The summed E-state index contributed by atoms with van der Waals surface area (Å²) in [5.74, 6) is 0. The number of alkyl halides is 1. The lowest BCUT2D eigenvalue weighted by Crippen LogP contribution is -1.91. The van der Waals surface area contributed by atoms with E-state index in [-0.39, 0.29) is 5.38 Å². The summed E-state index contributed by atoms with van der Waals surface area (Å²) in [6, 6.07) is 10.1. The van der Waals surface area contributed by atoms with E-state index in [4.69, 9.17) is 11.6 Å². The molecule has 1 unspecified atom stereocenters. The van der Waals surface area contributed by atoms with Gasteiger partial charge in [0.1, 0.15) is 15.4 Å². The van der Waals surface area contributed by atoms with Crippen molar-refractivity contribution in [1.82, 2.24) is 10.2 Å². The Morgan fingerprint density at radius 3 is 2.48 bits per heavy atom. The van der Waals surface area contributed by atoms with E-state index in [0.29, 0.717) is 0 Å². The molecule has 2 aromatic rings. The average molecular weight is 323 g/mol. The van der Waals surface area contributed by atoms with Crippen LogP contribution in [0.15, 0.2) is 30.3 Å². The zero-order valence-corrected chi connectivity index (χ0v) is 14.2. The first-order valence-corrected chi connectivity index (χ1v) is 9.08. The lowest BCUT2D eigenvalue weighted by atomic mass is 10.1. The zero-order chi connectivity index (χ0) is 14.9. The minimum absolute atomic E-state index is 0.179. The predicted octanol–water partition coefficient (Wildman–Crippen LogP) is 5.77. The van der Waals surface area contributed by atoms with E-state index in [0.717, 1.165) is 22.0 Å². The van der Waals surface area contributed by atoms with Crippen LogP contribution in [-0.2, 0) is 6.42 Å². The third-order valence-corrected chi connectivity index (χ3v) is 5.17. The molecule has 0 saturated heterocycles. The molecular formula is C17H23ClN2S. The minimum atomic E-state index is -0.179. The minimum Gasteiger partial charge on any atom is -0.143 e. The molecule has 0 N–H and O–H groups in total. The molecule has 0 bridgehead atoms. The Balaban J connectivity index is 1.79. The van der Waals surface area contributed by atoms with Gasteiger partial charge in [0, 0.05) is 6.42 Å². The second-order valence-electron chi connectivity index (χ2n) is 5.33. The highest BCUT2D eigenvalue weighted by molar-refractivity contribution is 7.11. The Morgan fingerprint density at radius 1 is 1.00 bits per heavy atom. The van der Waals surface area contributed by atoms with Crippen LogP contribution < -0.4 is 0 Å².